The predicted molar refractivity (Wildman–Crippen MR) is 107 cm³/mol. The fourth-order valence-electron chi connectivity index (χ4n) is 2.57. The quantitative estimate of drug-likeness (QED) is 0.659. The fourth-order valence-corrected chi connectivity index (χ4v) is 3.08. The van der Waals surface area contributed by atoms with Gasteiger partial charge in [0.05, 0.1) is 7.11 Å². The summed E-state index contributed by atoms with van der Waals surface area (Å²) in [6.45, 7) is 4.77. The van der Waals surface area contributed by atoms with Gasteiger partial charge in [0.15, 0.2) is 0 Å². The van der Waals surface area contributed by atoms with Crippen LogP contribution in [-0.2, 0) is 6.42 Å². The maximum atomic E-state index is 10.2. The van der Waals surface area contributed by atoms with Crippen molar-refractivity contribution in [1.82, 2.24) is 5.32 Å². The van der Waals surface area contributed by atoms with Crippen LogP contribution in [-0.4, -0.2) is 37.0 Å². The van der Waals surface area contributed by atoms with Crippen molar-refractivity contribution in [2.45, 2.75) is 31.9 Å². The van der Waals surface area contributed by atoms with E-state index < -0.39 is 6.10 Å². The molecular formula is C20H25Cl2NO3. The Morgan fingerprint density at radius 1 is 1.04 bits per heavy atom. The highest BCUT2D eigenvalue weighted by Gasteiger charge is 2.19. The third-order valence-electron chi connectivity index (χ3n) is 3.90. The van der Waals surface area contributed by atoms with Gasteiger partial charge >= 0.3 is 0 Å². The summed E-state index contributed by atoms with van der Waals surface area (Å²) in [5, 5.41) is 14.6. The zero-order valence-electron chi connectivity index (χ0n) is 15.3. The van der Waals surface area contributed by atoms with E-state index in [-0.39, 0.29) is 12.1 Å². The number of nitrogens with one attached hydrogen (secondary N) is 1. The molecule has 0 saturated heterocycles. The second-order valence-electron chi connectivity index (χ2n) is 6.86. The van der Waals surface area contributed by atoms with E-state index in [9.17, 15) is 5.11 Å². The summed E-state index contributed by atoms with van der Waals surface area (Å²) in [5.41, 5.74) is 1.03. The average Bonchev–Trinajstić information content (AvgIpc) is 2.58. The Morgan fingerprint density at radius 3 is 2.23 bits per heavy atom. The van der Waals surface area contributed by atoms with Crippen molar-refractivity contribution < 1.29 is 14.6 Å². The maximum Gasteiger partial charge on any atom is 0.122 e. The monoisotopic (exact) mass is 397 g/mol. The van der Waals surface area contributed by atoms with Crippen LogP contribution in [0.1, 0.15) is 19.4 Å². The van der Waals surface area contributed by atoms with Crippen LogP contribution in [0, 0.1) is 0 Å². The zero-order valence-corrected chi connectivity index (χ0v) is 16.8. The van der Waals surface area contributed by atoms with Gasteiger partial charge in [-0.2, -0.15) is 0 Å². The van der Waals surface area contributed by atoms with E-state index >= 15 is 0 Å². The van der Waals surface area contributed by atoms with Gasteiger partial charge in [-0.3, -0.25) is 0 Å². The van der Waals surface area contributed by atoms with E-state index in [0.717, 1.165) is 12.2 Å². The van der Waals surface area contributed by atoms with E-state index in [1.165, 1.54) is 5.56 Å². The molecule has 142 valence electrons. The summed E-state index contributed by atoms with van der Waals surface area (Å²) in [5.74, 6) is 1.38. The molecule has 2 aromatic rings. The SMILES string of the molecule is COc1ccc(CC(C)(C)NCC(O)COc2cc(Cl)cc(Cl)c2)cc1. The van der Waals surface area contributed by atoms with Gasteiger partial charge in [-0.15, -0.1) is 0 Å². The normalized spacial score (nSPS) is 12.7. The highest BCUT2D eigenvalue weighted by Crippen LogP contribution is 2.24. The molecule has 6 heteroatoms. The summed E-state index contributed by atoms with van der Waals surface area (Å²) >= 11 is 11.9. The van der Waals surface area contributed by atoms with Crippen LogP contribution in [0.2, 0.25) is 10.0 Å². The fraction of sp³-hybridized carbons (Fsp3) is 0.400. The third-order valence-corrected chi connectivity index (χ3v) is 4.34. The van der Waals surface area contributed by atoms with E-state index in [1.54, 1.807) is 25.3 Å². The Hall–Kier alpha value is -1.46. The number of halogens is 2. The number of methoxy groups -OCH3 is 1. The van der Waals surface area contributed by atoms with Crippen LogP contribution in [0.4, 0.5) is 0 Å². The highest BCUT2D eigenvalue weighted by molar-refractivity contribution is 6.34. The molecule has 4 nitrogen and oxygen atoms in total. The van der Waals surface area contributed by atoms with Crippen LogP contribution in [0.15, 0.2) is 42.5 Å². The summed E-state index contributed by atoms with van der Waals surface area (Å²) in [6.07, 6.45) is 0.178. The predicted octanol–water partition coefficient (Wildman–Crippen LogP) is 4.35. The van der Waals surface area contributed by atoms with Crippen LogP contribution >= 0.6 is 23.2 Å². The number of hydrogen-bond donors (Lipinski definition) is 2. The van der Waals surface area contributed by atoms with Crippen LogP contribution in [0.3, 0.4) is 0 Å². The molecule has 0 saturated carbocycles. The molecule has 0 spiro atoms. The summed E-state index contributed by atoms with van der Waals surface area (Å²) in [7, 11) is 1.65. The summed E-state index contributed by atoms with van der Waals surface area (Å²) in [6, 6.07) is 13.0. The van der Waals surface area contributed by atoms with Gasteiger partial charge < -0.3 is 19.9 Å². The van der Waals surface area contributed by atoms with Gasteiger partial charge in [0.25, 0.3) is 0 Å². The van der Waals surface area contributed by atoms with E-state index in [1.807, 2.05) is 24.3 Å². The molecule has 2 rings (SSSR count). The molecule has 0 aliphatic rings. The van der Waals surface area contributed by atoms with Crippen molar-refractivity contribution >= 4 is 23.2 Å². The van der Waals surface area contributed by atoms with Crippen LogP contribution < -0.4 is 14.8 Å². The minimum Gasteiger partial charge on any atom is -0.497 e. The van der Waals surface area contributed by atoms with Gasteiger partial charge in [-0.1, -0.05) is 35.3 Å². The van der Waals surface area contributed by atoms with Gasteiger partial charge in [0.1, 0.15) is 24.2 Å². The van der Waals surface area contributed by atoms with Crippen molar-refractivity contribution in [2.75, 3.05) is 20.3 Å². The summed E-state index contributed by atoms with van der Waals surface area (Å²) < 4.78 is 10.7. The molecule has 0 amide bonds. The molecule has 0 aliphatic carbocycles. The highest BCUT2D eigenvalue weighted by atomic mass is 35.5. The standard InChI is InChI=1S/C20H25Cl2NO3/c1-20(2,11-14-4-6-18(25-3)7-5-14)23-12-17(24)13-26-19-9-15(21)8-16(22)10-19/h4-10,17,23-24H,11-13H2,1-3H3. The Balaban J connectivity index is 1.79. The number of aliphatic hydroxyl groups is 1. The Bertz CT molecular complexity index is 684. The van der Waals surface area contributed by atoms with Crippen molar-refractivity contribution in [3.8, 4) is 11.5 Å². The van der Waals surface area contributed by atoms with Gasteiger partial charge in [0, 0.05) is 22.1 Å². The minimum absolute atomic E-state index is 0.155. The number of aliphatic hydroxyl groups excluding tert-OH is 1. The van der Waals surface area contributed by atoms with E-state index in [2.05, 4.69) is 19.2 Å². The lowest BCUT2D eigenvalue weighted by molar-refractivity contribution is 0.0988. The molecule has 0 bridgehead atoms. The van der Waals surface area contributed by atoms with E-state index in [4.69, 9.17) is 32.7 Å². The minimum atomic E-state index is -0.650. The van der Waals surface area contributed by atoms with Crippen LogP contribution in [0.25, 0.3) is 0 Å². The Kier molecular flexibility index (Phi) is 7.59. The first kappa shape index (κ1) is 20.8. The number of ether oxygens (including phenoxy) is 2. The molecule has 2 N–H and O–H groups in total. The molecule has 1 atom stereocenters. The van der Waals surface area contributed by atoms with Gasteiger partial charge in [0.2, 0.25) is 0 Å². The van der Waals surface area contributed by atoms with E-state index in [0.29, 0.717) is 22.3 Å². The lowest BCUT2D eigenvalue weighted by Gasteiger charge is -2.28. The molecule has 2 aromatic carbocycles. The number of β-amino-alcohol motifs (C(OH)–C–C–N with tert-alkyl or cyclic N) is 1. The third kappa shape index (κ3) is 7.04. The zero-order chi connectivity index (χ0) is 19.2. The summed E-state index contributed by atoms with van der Waals surface area (Å²) in [4.78, 5) is 0. The molecule has 0 radical (unpaired) electrons. The van der Waals surface area contributed by atoms with Crippen molar-refractivity contribution in [1.29, 1.82) is 0 Å². The molecule has 26 heavy (non-hydrogen) atoms. The second kappa shape index (κ2) is 9.47. The number of hydrogen-bond acceptors (Lipinski definition) is 4. The second-order valence-corrected chi connectivity index (χ2v) is 7.73. The topological polar surface area (TPSA) is 50.7 Å². The molecule has 0 aliphatic heterocycles. The van der Waals surface area contributed by atoms with Crippen molar-refractivity contribution in [3.63, 3.8) is 0 Å². The van der Waals surface area contributed by atoms with Crippen molar-refractivity contribution in [3.05, 3.63) is 58.1 Å². The Labute approximate surface area is 165 Å². The first-order valence-corrected chi connectivity index (χ1v) is 9.18. The lowest BCUT2D eigenvalue weighted by Crippen LogP contribution is -2.46. The molecule has 1 unspecified atom stereocenters. The molecule has 0 aromatic heterocycles. The number of rotatable bonds is 9. The largest absolute Gasteiger partial charge is 0.497 e. The van der Waals surface area contributed by atoms with Gasteiger partial charge in [-0.05, 0) is 56.2 Å². The Morgan fingerprint density at radius 2 is 1.65 bits per heavy atom. The maximum absolute atomic E-state index is 10.2. The smallest absolute Gasteiger partial charge is 0.122 e. The lowest BCUT2D eigenvalue weighted by atomic mass is 9.94. The molecule has 0 heterocycles. The first-order valence-electron chi connectivity index (χ1n) is 8.42. The molecule has 0 fully saturated rings. The van der Waals surface area contributed by atoms with Crippen LogP contribution in [0.5, 0.6) is 11.5 Å². The van der Waals surface area contributed by atoms with Gasteiger partial charge in [-0.25, -0.2) is 0 Å². The molecular weight excluding hydrogens is 373 g/mol. The first-order chi connectivity index (χ1) is 12.3. The number of benzene rings is 2. The average molecular weight is 398 g/mol. The van der Waals surface area contributed by atoms with Crippen molar-refractivity contribution in [2.24, 2.45) is 0 Å².